The van der Waals surface area contributed by atoms with Gasteiger partial charge in [-0.3, -0.25) is 9.59 Å². The molecule has 0 radical (unpaired) electrons. The topological polar surface area (TPSA) is 95.6 Å². The number of amides is 2. The zero-order chi connectivity index (χ0) is 21.9. The van der Waals surface area contributed by atoms with Gasteiger partial charge in [-0.05, 0) is 61.9 Å². The maximum absolute atomic E-state index is 13.1. The summed E-state index contributed by atoms with van der Waals surface area (Å²) >= 11 is 0. The molecule has 9 heteroatoms. The number of rotatable bonds is 7. The Morgan fingerprint density at radius 2 is 1.80 bits per heavy atom. The number of anilines is 2. The zero-order valence-corrected chi connectivity index (χ0v) is 17.6. The van der Waals surface area contributed by atoms with Crippen molar-refractivity contribution in [3.63, 3.8) is 0 Å². The average Bonchev–Trinajstić information content (AvgIpc) is 3.10. The number of benzene rings is 2. The molecule has 0 saturated carbocycles. The molecule has 1 saturated heterocycles. The molecule has 0 spiro atoms. The van der Waals surface area contributed by atoms with Crippen molar-refractivity contribution in [2.45, 2.75) is 37.6 Å². The van der Waals surface area contributed by atoms with Crippen molar-refractivity contribution in [1.29, 1.82) is 0 Å². The Hall–Kier alpha value is -2.78. The number of nitrogens with zero attached hydrogens (tertiary/aromatic N) is 1. The van der Waals surface area contributed by atoms with Gasteiger partial charge in [0, 0.05) is 30.4 Å². The van der Waals surface area contributed by atoms with Crippen LogP contribution in [0.5, 0.6) is 0 Å². The van der Waals surface area contributed by atoms with Gasteiger partial charge in [-0.15, -0.1) is 0 Å². The third kappa shape index (κ3) is 5.03. The molecule has 1 aliphatic rings. The molecule has 2 amide bonds. The average molecular weight is 434 g/mol. The van der Waals surface area contributed by atoms with Gasteiger partial charge in [0.25, 0.3) is 0 Å². The van der Waals surface area contributed by atoms with Crippen molar-refractivity contribution in [2.75, 3.05) is 16.8 Å². The van der Waals surface area contributed by atoms with Crippen molar-refractivity contribution >= 4 is 33.2 Å². The second-order valence-electron chi connectivity index (χ2n) is 7.33. The molecule has 3 rings (SSSR count). The van der Waals surface area contributed by atoms with Crippen LogP contribution in [0, 0.1) is 11.7 Å². The smallest absolute Gasteiger partial charge is 0.240 e. The van der Waals surface area contributed by atoms with E-state index < -0.39 is 21.8 Å². The van der Waals surface area contributed by atoms with E-state index in [9.17, 15) is 22.4 Å². The van der Waals surface area contributed by atoms with Gasteiger partial charge >= 0.3 is 0 Å². The summed E-state index contributed by atoms with van der Waals surface area (Å²) < 4.78 is 40.3. The van der Waals surface area contributed by atoms with Gasteiger partial charge in [0.15, 0.2) is 0 Å². The van der Waals surface area contributed by atoms with E-state index in [0.717, 1.165) is 0 Å². The fraction of sp³-hybridized carbons (Fsp3) is 0.333. The molecule has 2 aromatic rings. The van der Waals surface area contributed by atoms with E-state index in [0.29, 0.717) is 17.8 Å². The van der Waals surface area contributed by atoms with Crippen molar-refractivity contribution < 1.29 is 22.4 Å². The largest absolute Gasteiger partial charge is 0.326 e. The number of carbonyl (C=O) groups is 2. The molecule has 2 atom stereocenters. The van der Waals surface area contributed by atoms with Gasteiger partial charge in [-0.1, -0.05) is 6.92 Å². The fourth-order valence-corrected chi connectivity index (χ4v) is 4.46. The Labute approximate surface area is 175 Å². The summed E-state index contributed by atoms with van der Waals surface area (Å²) in [5.74, 6) is -1.50. The van der Waals surface area contributed by atoms with Crippen LogP contribution in [0.4, 0.5) is 15.8 Å². The quantitative estimate of drug-likeness (QED) is 0.702. The summed E-state index contributed by atoms with van der Waals surface area (Å²) in [5.41, 5.74) is 0.982. The number of hydrogen-bond donors (Lipinski definition) is 2. The normalized spacial score (nSPS) is 17.8. The molecule has 1 heterocycles. The third-order valence-electron chi connectivity index (χ3n) is 5.03. The number of hydrogen-bond acceptors (Lipinski definition) is 4. The predicted molar refractivity (Wildman–Crippen MR) is 112 cm³/mol. The van der Waals surface area contributed by atoms with Crippen molar-refractivity contribution in [1.82, 2.24) is 4.72 Å². The van der Waals surface area contributed by atoms with Crippen LogP contribution in [0.3, 0.4) is 0 Å². The van der Waals surface area contributed by atoms with Crippen molar-refractivity contribution in [3.8, 4) is 0 Å². The van der Waals surface area contributed by atoms with Crippen LogP contribution >= 0.6 is 0 Å². The van der Waals surface area contributed by atoms with Gasteiger partial charge in [-0.25, -0.2) is 17.5 Å². The third-order valence-corrected chi connectivity index (χ3v) is 6.64. The van der Waals surface area contributed by atoms with Crippen LogP contribution in [0.1, 0.15) is 26.7 Å². The fourth-order valence-electron chi connectivity index (χ4n) is 3.13. The number of sulfonamides is 1. The minimum absolute atomic E-state index is 0.0501. The first-order chi connectivity index (χ1) is 14.2. The molecule has 1 aliphatic heterocycles. The first kappa shape index (κ1) is 21.9. The highest BCUT2D eigenvalue weighted by molar-refractivity contribution is 7.89. The Bertz CT molecular complexity index is 1020. The van der Waals surface area contributed by atoms with E-state index >= 15 is 0 Å². The molecule has 2 unspecified atom stereocenters. The molecule has 0 aliphatic carbocycles. The van der Waals surface area contributed by atoms with Crippen molar-refractivity contribution in [3.05, 3.63) is 54.3 Å². The van der Waals surface area contributed by atoms with Gasteiger partial charge in [0.1, 0.15) is 5.82 Å². The molecule has 7 nitrogen and oxygen atoms in total. The van der Waals surface area contributed by atoms with Gasteiger partial charge in [0.05, 0.1) is 10.8 Å². The molecule has 0 aromatic heterocycles. The number of carbonyl (C=O) groups excluding carboxylic acids is 2. The summed E-state index contributed by atoms with van der Waals surface area (Å²) in [6.07, 6.45) is 0.719. The maximum Gasteiger partial charge on any atom is 0.240 e. The van der Waals surface area contributed by atoms with E-state index in [1.807, 2.05) is 6.92 Å². The van der Waals surface area contributed by atoms with E-state index in [1.165, 1.54) is 53.4 Å². The molecular weight excluding hydrogens is 409 g/mol. The molecule has 2 aromatic carbocycles. The van der Waals surface area contributed by atoms with Crippen molar-refractivity contribution in [2.24, 2.45) is 5.92 Å². The summed E-state index contributed by atoms with van der Waals surface area (Å²) in [5, 5.41) is 2.72. The second-order valence-corrected chi connectivity index (χ2v) is 9.04. The predicted octanol–water partition coefficient (Wildman–Crippen LogP) is 2.89. The summed E-state index contributed by atoms with van der Waals surface area (Å²) in [4.78, 5) is 26.4. The van der Waals surface area contributed by atoms with Crippen LogP contribution < -0.4 is 14.9 Å². The summed E-state index contributed by atoms with van der Waals surface area (Å²) in [6, 6.07) is 11.2. The first-order valence-corrected chi connectivity index (χ1v) is 11.2. The Morgan fingerprint density at radius 3 is 2.40 bits per heavy atom. The SMILES string of the molecule is CCC(C)NS(=O)(=O)c1ccc(NC(=O)C2CC(=O)N(c3ccc(F)cc3)C2)cc1. The van der Waals surface area contributed by atoms with E-state index in [1.54, 1.807) is 6.92 Å². The van der Waals surface area contributed by atoms with E-state index in [-0.39, 0.29) is 35.7 Å². The van der Waals surface area contributed by atoms with Crippen LogP contribution in [0.2, 0.25) is 0 Å². The Kier molecular flexibility index (Phi) is 6.52. The van der Waals surface area contributed by atoms with Crippen LogP contribution in [-0.4, -0.2) is 32.8 Å². The molecule has 0 bridgehead atoms. The molecular formula is C21H24FN3O4S. The first-order valence-electron chi connectivity index (χ1n) is 9.69. The highest BCUT2D eigenvalue weighted by Crippen LogP contribution is 2.26. The minimum atomic E-state index is -3.62. The van der Waals surface area contributed by atoms with Gasteiger partial charge < -0.3 is 10.2 Å². The standard InChI is InChI=1S/C21H24FN3O4S/c1-3-14(2)24-30(28,29)19-10-6-17(7-11-19)23-21(27)15-12-20(26)25(13-15)18-8-4-16(22)5-9-18/h4-11,14-15,24H,3,12-13H2,1-2H3,(H,23,27). The van der Waals surface area contributed by atoms with Crippen LogP contribution in [0.15, 0.2) is 53.4 Å². The molecule has 30 heavy (non-hydrogen) atoms. The lowest BCUT2D eigenvalue weighted by Crippen LogP contribution is -2.32. The Morgan fingerprint density at radius 1 is 1.17 bits per heavy atom. The summed E-state index contributed by atoms with van der Waals surface area (Å²) in [7, 11) is -3.62. The number of halogens is 1. The molecule has 160 valence electrons. The zero-order valence-electron chi connectivity index (χ0n) is 16.8. The lowest BCUT2D eigenvalue weighted by Gasteiger charge is -2.17. The van der Waals surface area contributed by atoms with Gasteiger partial charge in [-0.2, -0.15) is 0 Å². The summed E-state index contributed by atoms with van der Waals surface area (Å²) in [6.45, 7) is 3.86. The maximum atomic E-state index is 13.1. The van der Waals surface area contributed by atoms with Crippen LogP contribution in [-0.2, 0) is 19.6 Å². The molecule has 1 fully saturated rings. The van der Waals surface area contributed by atoms with E-state index in [4.69, 9.17) is 0 Å². The second kappa shape index (κ2) is 8.93. The Balaban J connectivity index is 1.63. The van der Waals surface area contributed by atoms with Gasteiger partial charge in [0.2, 0.25) is 21.8 Å². The lowest BCUT2D eigenvalue weighted by atomic mass is 10.1. The minimum Gasteiger partial charge on any atom is -0.326 e. The van der Waals surface area contributed by atoms with Crippen LogP contribution in [0.25, 0.3) is 0 Å². The van der Waals surface area contributed by atoms with E-state index in [2.05, 4.69) is 10.0 Å². The monoisotopic (exact) mass is 433 g/mol. The molecule has 2 N–H and O–H groups in total. The number of nitrogens with one attached hydrogen (secondary N) is 2. The highest BCUT2D eigenvalue weighted by Gasteiger charge is 2.35. The highest BCUT2D eigenvalue weighted by atomic mass is 32.2. The lowest BCUT2D eigenvalue weighted by molar-refractivity contribution is -0.122.